The Morgan fingerprint density at radius 3 is 2.33 bits per heavy atom. The summed E-state index contributed by atoms with van der Waals surface area (Å²) >= 11 is 12.2. The van der Waals surface area contributed by atoms with Crippen molar-refractivity contribution >= 4 is 35.1 Å². The van der Waals surface area contributed by atoms with E-state index in [1.807, 2.05) is 30.3 Å². The number of piperidine rings is 1. The second-order valence-electron chi connectivity index (χ2n) is 8.91. The lowest BCUT2D eigenvalue weighted by atomic mass is 10.0. The van der Waals surface area contributed by atoms with Crippen LogP contribution in [0.4, 0.5) is 0 Å². The number of nitrogens with zero attached hydrogens (tertiary/aromatic N) is 1. The zero-order chi connectivity index (χ0) is 25.5. The molecule has 0 saturated carbocycles. The molecule has 0 aromatic heterocycles. The molecule has 1 fully saturated rings. The number of amides is 1. The SMILES string of the molecule is O=C(N[C@@H](Cc1ccc(O[C@H]2CCCN(Cc3ccccc3)C2)cc1)C(=O)O)c1c(Cl)cccc1Cl. The van der Waals surface area contributed by atoms with E-state index in [0.29, 0.717) is 0 Å². The van der Waals surface area contributed by atoms with Gasteiger partial charge in [-0.15, -0.1) is 0 Å². The molecule has 2 N–H and O–H groups in total. The van der Waals surface area contributed by atoms with Gasteiger partial charge in [0.15, 0.2) is 0 Å². The zero-order valence-electron chi connectivity index (χ0n) is 19.7. The molecule has 1 amide bonds. The van der Waals surface area contributed by atoms with Crippen molar-refractivity contribution in [2.75, 3.05) is 13.1 Å². The quantitative estimate of drug-likeness (QED) is 0.386. The third-order valence-corrected chi connectivity index (χ3v) is 6.80. The second-order valence-corrected chi connectivity index (χ2v) is 9.73. The summed E-state index contributed by atoms with van der Waals surface area (Å²) < 4.78 is 6.22. The average Bonchev–Trinajstić information content (AvgIpc) is 2.85. The summed E-state index contributed by atoms with van der Waals surface area (Å²) in [7, 11) is 0. The maximum Gasteiger partial charge on any atom is 0.326 e. The van der Waals surface area contributed by atoms with Crippen LogP contribution in [0.25, 0.3) is 0 Å². The number of hydrogen-bond donors (Lipinski definition) is 2. The predicted octanol–water partition coefficient (Wildman–Crippen LogP) is 5.46. The molecule has 1 saturated heterocycles. The molecule has 1 heterocycles. The van der Waals surface area contributed by atoms with Crippen LogP contribution >= 0.6 is 23.2 Å². The Labute approximate surface area is 220 Å². The number of carbonyl (C=O) groups excluding carboxylic acids is 1. The molecule has 0 bridgehead atoms. The van der Waals surface area contributed by atoms with Gasteiger partial charge in [-0.3, -0.25) is 9.69 Å². The van der Waals surface area contributed by atoms with E-state index in [0.717, 1.165) is 43.8 Å². The molecule has 0 spiro atoms. The Bertz CT molecular complexity index is 1170. The number of carboxylic acids is 1. The molecule has 0 aliphatic carbocycles. The van der Waals surface area contributed by atoms with Gasteiger partial charge in [0.25, 0.3) is 5.91 Å². The van der Waals surface area contributed by atoms with Crippen molar-refractivity contribution in [3.05, 3.63) is 99.5 Å². The minimum absolute atomic E-state index is 0.0598. The predicted molar refractivity (Wildman–Crippen MR) is 141 cm³/mol. The highest BCUT2D eigenvalue weighted by molar-refractivity contribution is 6.39. The summed E-state index contributed by atoms with van der Waals surface area (Å²) in [5.74, 6) is -1.04. The fraction of sp³-hybridized carbons (Fsp3) is 0.286. The molecule has 0 unspecified atom stereocenters. The summed E-state index contributed by atoms with van der Waals surface area (Å²) in [6.45, 7) is 2.81. The number of likely N-dealkylation sites (tertiary alicyclic amines) is 1. The van der Waals surface area contributed by atoms with Gasteiger partial charge in [0.05, 0.1) is 15.6 Å². The van der Waals surface area contributed by atoms with E-state index < -0.39 is 17.9 Å². The summed E-state index contributed by atoms with van der Waals surface area (Å²) in [4.78, 5) is 26.9. The van der Waals surface area contributed by atoms with Crippen molar-refractivity contribution in [2.24, 2.45) is 0 Å². The molecule has 188 valence electrons. The maximum atomic E-state index is 12.6. The molecule has 4 rings (SSSR count). The van der Waals surface area contributed by atoms with E-state index in [1.165, 1.54) is 17.7 Å². The van der Waals surface area contributed by atoms with Crippen molar-refractivity contribution in [1.82, 2.24) is 10.2 Å². The van der Waals surface area contributed by atoms with Gasteiger partial charge in [0.1, 0.15) is 17.9 Å². The molecule has 3 aromatic carbocycles. The lowest BCUT2D eigenvalue weighted by molar-refractivity contribution is -0.139. The van der Waals surface area contributed by atoms with E-state index in [9.17, 15) is 14.7 Å². The van der Waals surface area contributed by atoms with Crippen LogP contribution in [0.1, 0.15) is 34.3 Å². The smallest absolute Gasteiger partial charge is 0.326 e. The lowest BCUT2D eigenvalue weighted by Gasteiger charge is -2.33. The van der Waals surface area contributed by atoms with Crippen LogP contribution in [0.2, 0.25) is 10.0 Å². The first-order valence-corrected chi connectivity index (χ1v) is 12.6. The topological polar surface area (TPSA) is 78.9 Å². The number of ether oxygens (including phenoxy) is 1. The number of carbonyl (C=O) groups is 2. The van der Waals surface area contributed by atoms with E-state index in [1.54, 1.807) is 6.07 Å². The molecule has 2 atom stereocenters. The molecule has 3 aromatic rings. The minimum Gasteiger partial charge on any atom is -0.489 e. The summed E-state index contributed by atoms with van der Waals surface area (Å²) in [6.07, 6.45) is 2.27. The Balaban J connectivity index is 1.33. The van der Waals surface area contributed by atoms with Gasteiger partial charge in [0, 0.05) is 19.5 Å². The van der Waals surface area contributed by atoms with Crippen LogP contribution in [0.5, 0.6) is 5.75 Å². The second kappa shape index (κ2) is 12.3. The monoisotopic (exact) mass is 526 g/mol. The highest BCUT2D eigenvalue weighted by Gasteiger charge is 2.24. The van der Waals surface area contributed by atoms with Gasteiger partial charge in [-0.05, 0) is 54.8 Å². The Hall–Kier alpha value is -3.06. The summed E-state index contributed by atoms with van der Waals surface area (Å²) in [6, 6.07) is 21.3. The van der Waals surface area contributed by atoms with E-state index in [2.05, 4.69) is 34.5 Å². The van der Waals surface area contributed by atoms with Crippen molar-refractivity contribution in [1.29, 1.82) is 0 Å². The number of rotatable bonds is 9. The molecule has 36 heavy (non-hydrogen) atoms. The van der Waals surface area contributed by atoms with Crippen LogP contribution in [0.15, 0.2) is 72.8 Å². The van der Waals surface area contributed by atoms with Crippen molar-refractivity contribution in [2.45, 2.75) is 38.0 Å². The Kier molecular flexibility index (Phi) is 8.86. The number of nitrogens with one attached hydrogen (secondary N) is 1. The van der Waals surface area contributed by atoms with E-state index >= 15 is 0 Å². The average molecular weight is 527 g/mol. The minimum atomic E-state index is -1.15. The highest BCUT2D eigenvalue weighted by Crippen LogP contribution is 2.25. The fourth-order valence-electron chi connectivity index (χ4n) is 4.37. The highest BCUT2D eigenvalue weighted by atomic mass is 35.5. The van der Waals surface area contributed by atoms with E-state index in [-0.39, 0.29) is 28.1 Å². The molecule has 1 aliphatic heterocycles. The molecule has 1 aliphatic rings. The van der Waals surface area contributed by atoms with Crippen LogP contribution in [-0.2, 0) is 17.8 Å². The number of aliphatic carboxylic acids is 1. The molecular weight excluding hydrogens is 499 g/mol. The van der Waals surface area contributed by atoms with Gasteiger partial charge in [0.2, 0.25) is 0 Å². The standard InChI is InChI=1S/C28H28Cl2N2O4/c29-23-9-4-10-24(30)26(23)27(33)31-25(28(34)35)16-19-11-13-21(14-12-19)36-22-8-5-15-32(18-22)17-20-6-2-1-3-7-20/h1-4,6-7,9-14,22,25H,5,8,15-18H2,(H,31,33)(H,34,35)/t22-,25-/m0/s1. The van der Waals surface area contributed by atoms with Crippen molar-refractivity contribution in [3.63, 3.8) is 0 Å². The van der Waals surface area contributed by atoms with Gasteiger partial charge in [-0.1, -0.05) is 71.7 Å². The fourth-order valence-corrected chi connectivity index (χ4v) is 4.94. The number of hydrogen-bond acceptors (Lipinski definition) is 4. The van der Waals surface area contributed by atoms with Crippen LogP contribution < -0.4 is 10.1 Å². The first-order chi connectivity index (χ1) is 17.4. The van der Waals surface area contributed by atoms with Gasteiger partial charge in [-0.2, -0.15) is 0 Å². The van der Waals surface area contributed by atoms with Crippen LogP contribution in [0.3, 0.4) is 0 Å². The first kappa shape index (κ1) is 26.0. The molecule has 6 nitrogen and oxygen atoms in total. The van der Waals surface area contributed by atoms with E-state index in [4.69, 9.17) is 27.9 Å². The lowest BCUT2D eigenvalue weighted by Crippen LogP contribution is -2.42. The normalized spacial score (nSPS) is 16.8. The van der Waals surface area contributed by atoms with Gasteiger partial charge in [-0.25, -0.2) is 4.79 Å². The first-order valence-electron chi connectivity index (χ1n) is 11.9. The van der Waals surface area contributed by atoms with Gasteiger partial charge >= 0.3 is 5.97 Å². The van der Waals surface area contributed by atoms with Crippen LogP contribution in [0, 0.1) is 0 Å². The Morgan fingerprint density at radius 1 is 0.972 bits per heavy atom. The largest absolute Gasteiger partial charge is 0.489 e. The molecule has 8 heteroatoms. The number of carboxylic acid groups (broad SMARTS) is 1. The van der Waals surface area contributed by atoms with Crippen molar-refractivity contribution in [3.8, 4) is 5.75 Å². The molecular formula is C28H28Cl2N2O4. The van der Waals surface area contributed by atoms with Gasteiger partial charge < -0.3 is 15.2 Å². The Morgan fingerprint density at radius 2 is 1.67 bits per heavy atom. The summed E-state index contributed by atoms with van der Waals surface area (Å²) in [5.41, 5.74) is 2.11. The van der Waals surface area contributed by atoms with Crippen LogP contribution in [-0.4, -0.2) is 47.1 Å². The number of benzene rings is 3. The third kappa shape index (κ3) is 7.00. The maximum absolute atomic E-state index is 12.6. The number of halogens is 2. The zero-order valence-corrected chi connectivity index (χ0v) is 21.2. The summed E-state index contributed by atoms with van der Waals surface area (Å²) in [5, 5.41) is 12.5. The molecule has 0 radical (unpaired) electrons. The third-order valence-electron chi connectivity index (χ3n) is 6.17. The van der Waals surface area contributed by atoms with Crippen molar-refractivity contribution < 1.29 is 19.4 Å².